The van der Waals surface area contributed by atoms with Crippen LogP contribution >= 0.6 is 0 Å². The van der Waals surface area contributed by atoms with Crippen molar-refractivity contribution >= 4 is 11.8 Å². The van der Waals surface area contributed by atoms with Gasteiger partial charge in [-0.3, -0.25) is 0 Å². The second-order valence-corrected chi connectivity index (χ2v) is 7.74. The van der Waals surface area contributed by atoms with Crippen molar-refractivity contribution < 1.29 is 9.59 Å². The van der Waals surface area contributed by atoms with Crippen LogP contribution in [-0.4, -0.2) is 18.4 Å². The van der Waals surface area contributed by atoms with E-state index < -0.39 is 0 Å². The lowest BCUT2D eigenvalue weighted by molar-refractivity contribution is -0.131. The van der Waals surface area contributed by atoms with Gasteiger partial charge in [-0.1, -0.05) is 96.8 Å². The molecule has 2 amide bonds. The first kappa shape index (κ1) is 22.3. The lowest BCUT2D eigenvalue weighted by Crippen LogP contribution is -2.36. The van der Waals surface area contributed by atoms with Crippen LogP contribution in [0.1, 0.15) is 122 Å². The summed E-state index contributed by atoms with van der Waals surface area (Å²) in [6.07, 6.45) is 22.4. The quantitative estimate of drug-likeness (QED) is 0.177. The number of hydrogen-bond acceptors (Lipinski definition) is 2. The highest BCUT2D eigenvalue weighted by Crippen LogP contribution is 2.14. The van der Waals surface area contributed by atoms with Crippen molar-refractivity contribution in [2.75, 3.05) is 6.54 Å². The van der Waals surface area contributed by atoms with Crippen molar-refractivity contribution in [2.24, 2.45) is 0 Å². The van der Waals surface area contributed by atoms with E-state index in [1.165, 1.54) is 94.8 Å². The number of unbranched alkanes of at least 4 members (excludes halogenated alkanes) is 15. The third kappa shape index (κ3) is 11.5. The first-order chi connectivity index (χ1) is 12.3. The minimum absolute atomic E-state index is 0.0333. The summed E-state index contributed by atoms with van der Waals surface area (Å²) in [5.74, 6) is 0.0666. The topological polar surface area (TPSA) is 40.0 Å². The highest BCUT2D eigenvalue weighted by molar-refractivity contribution is 6.05. The van der Waals surface area contributed by atoms with Gasteiger partial charge in [0.05, 0.1) is 12.8 Å². The molecule has 145 valence electrons. The first-order valence-corrected chi connectivity index (χ1v) is 11.1. The standard InChI is InChI=1S/C22H41NO2/c1-2-3-4-5-6-7-8-9-10-11-12-13-14-15-16-17-20-23-21(24)18-19-22(23)25/h2-20H2,1H3/q+1. The van der Waals surface area contributed by atoms with E-state index in [4.69, 9.17) is 0 Å². The number of hydrogen-bond donors (Lipinski definition) is 0. The molecule has 25 heavy (non-hydrogen) atoms. The molecule has 1 saturated heterocycles. The molecule has 3 heteroatoms. The number of nitrogens with zero attached hydrogens (tertiary/aromatic N) is 1. The Morgan fingerprint density at radius 1 is 0.560 bits per heavy atom. The van der Waals surface area contributed by atoms with Crippen molar-refractivity contribution in [1.29, 1.82) is 0 Å². The molecule has 0 aromatic carbocycles. The zero-order chi connectivity index (χ0) is 18.2. The Bertz CT molecular complexity index is 338. The van der Waals surface area contributed by atoms with Gasteiger partial charge in [0.15, 0.2) is 0 Å². The van der Waals surface area contributed by atoms with Gasteiger partial charge in [0.1, 0.15) is 6.54 Å². The van der Waals surface area contributed by atoms with Gasteiger partial charge in [0.2, 0.25) is 0 Å². The number of amides is 2. The van der Waals surface area contributed by atoms with Gasteiger partial charge in [0, 0.05) is 6.42 Å². The van der Waals surface area contributed by atoms with Crippen LogP contribution in [0.3, 0.4) is 0 Å². The van der Waals surface area contributed by atoms with E-state index in [1.807, 2.05) is 0 Å². The van der Waals surface area contributed by atoms with Gasteiger partial charge in [-0.2, -0.15) is 0 Å². The van der Waals surface area contributed by atoms with Crippen LogP contribution in [0.25, 0.3) is 0 Å². The van der Waals surface area contributed by atoms with Crippen LogP contribution in [0, 0.1) is 0 Å². The van der Waals surface area contributed by atoms with Crippen molar-refractivity contribution in [3.05, 3.63) is 0 Å². The monoisotopic (exact) mass is 351 g/mol. The molecule has 0 aromatic rings. The SMILES string of the molecule is CCCCCCCCCCCCCCCCCC[N+]1C(=O)CCC1=O. The second-order valence-electron chi connectivity index (χ2n) is 7.74. The Hall–Kier alpha value is -0.700. The number of imide groups is 1. The van der Waals surface area contributed by atoms with Crippen LogP contribution in [0.2, 0.25) is 0 Å². The van der Waals surface area contributed by atoms with E-state index >= 15 is 0 Å². The Labute approximate surface area is 155 Å². The summed E-state index contributed by atoms with van der Waals surface area (Å²) in [5, 5.41) is 0. The average Bonchev–Trinajstić information content (AvgIpc) is 2.93. The van der Waals surface area contributed by atoms with Gasteiger partial charge in [0.25, 0.3) is 0 Å². The molecular formula is C22H41NO2+. The van der Waals surface area contributed by atoms with E-state index in [9.17, 15) is 9.59 Å². The Balaban J connectivity index is 1.73. The van der Waals surface area contributed by atoms with E-state index in [1.54, 1.807) is 0 Å². The Kier molecular flexibility index (Phi) is 13.9. The van der Waals surface area contributed by atoms with Crippen LogP contribution in [-0.2, 0) is 9.59 Å². The van der Waals surface area contributed by atoms with Crippen LogP contribution in [0.5, 0.6) is 0 Å². The van der Waals surface area contributed by atoms with Crippen molar-refractivity contribution in [3.8, 4) is 0 Å². The molecule has 0 spiro atoms. The molecule has 1 aliphatic heterocycles. The van der Waals surface area contributed by atoms with E-state index in [0.29, 0.717) is 19.4 Å². The molecule has 1 radical (unpaired) electrons. The maximum atomic E-state index is 11.5. The number of likely N-dealkylation sites (tertiary alicyclic amines) is 1. The Morgan fingerprint density at radius 3 is 1.24 bits per heavy atom. The largest absolute Gasteiger partial charge is 0.369 e. The second kappa shape index (κ2) is 15.5. The van der Waals surface area contributed by atoms with E-state index in [-0.39, 0.29) is 11.8 Å². The molecule has 0 N–H and O–H groups in total. The smallest absolute Gasteiger partial charge is 0.225 e. The molecule has 1 heterocycles. The van der Waals surface area contributed by atoms with Crippen molar-refractivity contribution in [3.63, 3.8) is 0 Å². The zero-order valence-electron chi connectivity index (χ0n) is 16.7. The molecule has 1 aliphatic rings. The minimum atomic E-state index is 0.0333. The van der Waals surface area contributed by atoms with Gasteiger partial charge in [-0.25, -0.2) is 9.59 Å². The fourth-order valence-electron chi connectivity index (χ4n) is 3.69. The molecule has 0 atom stereocenters. The third-order valence-electron chi connectivity index (χ3n) is 5.39. The summed E-state index contributed by atoms with van der Waals surface area (Å²) in [7, 11) is 0. The normalized spacial score (nSPS) is 15.4. The maximum Gasteiger partial charge on any atom is 0.369 e. The molecule has 1 rings (SSSR count). The predicted octanol–water partition coefficient (Wildman–Crippen LogP) is 6.24. The summed E-state index contributed by atoms with van der Waals surface area (Å²) in [6, 6.07) is 0. The zero-order valence-corrected chi connectivity index (χ0v) is 16.7. The molecule has 0 aromatic heterocycles. The predicted molar refractivity (Wildman–Crippen MR) is 106 cm³/mol. The average molecular weight is 352 g/mol. The molecule has 1 fully saturated rings. The lowest BCUT2D eigenvalue weighted by atomic mass is 10.0. The fourth-order valence-corrected chi connectivity index (χ4v) is 3.69. The molecular weight excluding hydrogens is 310 g/mol. The van der Waals surface area contributed by atoms with Gasteiger partial charge in [-0.05, 0) is 11.3 Å². The molecule has 3 nitrogen and oxygen atoms in total. The molecule has 0 unspecified atom stereocenters. The third-order valence-corrected chi connectivity index (χ3v) is 5.39. The highest BCUT2D eigenvalue weighted by atomic mass is 16.2. The lowest BCUT2D eigenvalue weighted by Gasteiger charge is -2.03. The maximum absolute atomic E-state index is 11.5. The molecule has 0 bridgehead atoms. The van der Waals surface area contributed by atoms with Crippen LogP contribution in [0.15, 0.2) is 0 Å². The van der Waals surface area contributed by atoms with Crippen molar-refractivity contribution in [2.45, 2.75) is 122 Å². The fraction of sp³-hybridized carbons (Fsp3) is 0.909. The van der Waals surface area contributed by atoms with Crippen LogP contribution in [0.4, 0.5) is 0 Å². The first-order valence-electron chi connectivity index (χ1n) is 11.1. The van der Waals surface area contributed by atoms with Crippen molar-refractivity contribution in [1.82, 2.24) is 4.90 Å². The molecule has 0 saturated carbocycles. The molecule has 0 aliphatic carbocycles. The summed E-state index contributed by atoms with van der Waals surface area (Å²) < 4.78 is 0. The highest BCUT2D eigenvalue weighted by Gasteiger charge is 2.40. The summed E-state index contributed by atoms with van der Waals surface area (Å²) in [6.45, 7) is 2.93. The Morgan fingerprint density at radius 2 is 0.880 bits per heavy atom. The summed E-state index contributed by atoms with van der Waals surface area (Å²) in [5.41, 5.74) is 0. The van der Waals surface area contributed by atoms with E-state index in [2.05, 4.69) is 6.92 Å². The van der Waals surface area contributed by atoms with Crippen LogP contribution < -0.4 is 4.90 Å². The number of rotatable bonds is 17. The summed E-state index contributed by atoms with van der Waals surface area (Å²) >= 11 is 0. The van der Waals surface area contributed by atoms with Gasteiger partial charge < -0.3 is 0 Å². The minimum Gasteiger partial charge on any atom is -0.225 e. The summed E-state index contributed by atoms with van der Waals surface area (Å²) in [4.78, 5) is 24.4. The van der Waals surface area contributed by atoms with Gasteiger partial charge >= 0.3 is 11.8 Å². The number of carbonyl (C=O) groups excluding carboxylic acids is 2. The van der Waals surface area contributed by atoms with E-state index in [0.717, 1.165) is 12.8 Å². The van der Waals surface area contributed by atoms with Gasteiger partial charge in [-0.15, -0.1) is 0 Å². The number of carbonyl (C=O) groups is 2.